The van der Waals surface area contributed by atoms with Crippen LogP contribution in [0.15, 0.2) is 36.4 Å². The number of halogens is 3. The van der Waals surface area contributed by atoms with Crippen LogP contribution in [0.3, 0.4) is 0 Å². The van der Waals surface area contributed by atoms with Gasteiger partial charge in [-0.1, -0.05) is 40.9 Å². The molecular weight excluding hydrogens is 383 g/mol. The summed E-state index contributed by atoms with van der Waals surface area (Å²) in [5.74, 6) is -0.799. The van der Waals surface area contributed by atoms with Crippen LogP contribution in [0.2, 0.25) is 15.1 Å². The van der Waals surface area contributed by atoms with Crippen LogP contribution < -0.4 is 10.2 Å². The number of benzene rings is 2. The Balaban J connectivity index is 1.75. The maximum absolute atomic E-state index is 12.5. The summed E-state index contributed by atoms with van der Waals surface area (Å²) >= 11 is 17.9. The molecule has 0 spiro atoms. The second kappa shape index (κ2) is 7.24. The summed E-state index contributed by atoms with van der Waals surface area (Å²) in [4.78, 5) is 26.5. The second-order valence-corrected chi connectivity index (χ2v) is 7.29. The zero-order chi connectivity index (χ0) is 18.1. The van der Waals surface area contributed by atoms with E-state index >= 15 is 0 Å². The Kier molecular flexibility index (Phi) is 5.23. The molecule has 7 heteroatoms. The Bertz CT molecular complexity index is 834. The van der Waals surface area contributed by atoms with E-state index in [0.29, 0.717) is 27.3 Å². The number of nitrogens with zero attached hydrogens (tertiary/aromatic N) is 1. The lowest BCUT2D eigenvalue weighted by Crippen LogP contribution is -2.28. The monoisotopic (exact) mass is 396 g/mol. The van der Waals surface area contributed by atoms with Crippen LogP contribution in [0.1, 0.15) is 12.0 Å². The summed E-state index contributed by atoms with van der Waals surface area (Å²) in [7, 11) is 0. The fourth-order valence-corrected chi connectivity index (χ4v) is 3.55. The van der Waals surface area contributed by atoms with E-state index in [4.69, 9.17) is 34.8 Å². The quantitative estimate of drug-likeness (QED) is 0.797. The predicted octanol–water partition coefficient (Wildman–Crippen LogP) is 4.95. The standard InChI is InChI=1S/C18H15Cl3N2O2/c1-10-2-3-12(19)8-16(10)23-9-11(4-17(23)24)18(25)22-15-6-13(20)5-14(21)7-15/h2-3,5-8,11H,4,9H2,1H3,(H,22,25). The van der Waals surface area contributed by atoms with Crippen molar-refractivity contribution in [2.24, 2.45) is 5.92 Å². The molecule has 1 atom stereocenters. The molecule has 1 saturated heterocycles. The summed E-state index contributed by atoms with van der Waals surface area (Å²) in [6.45, 7) is 2.21. The van der Waals surface area contributed by atoms with Gasteiger partial charge in [0.25, 0.3) is 0 Å². The molecule has 1 unspecified atom stereocenters. The number of carbonyl (C=O) groups excluding carboxylic acids is 2. The molecule has 0 radical (unpaired) electrons. The number of hydrogen-bond acceptors (Lipinski definition) is 2. The number of carbonyl (C=O) groups is 2. The van der Waals surface area contributed by atoms with Crippen molar-refractivity contribution in [3.63, 3.8) is 0 Å². The average Bonchev–Trinajstić information content (AvgIpc) is 2.90. The van der Waals surface area contributed by atoms with E-state index in [1.165, 1.54) is 0 Å². The number of hydrogen-bond donors (Lipinski definition) is 1. The number of rotatable bonds is 3. The Morgan fingerprint density at radius 3 is 2.44 bits per heavy atom. The highest BCUT2D eigenvalue weighted by Gasteiger charge is 2.35. The summed E-state index contributed by atoms with van der Waals surface area (Å²) in [5.41, 5.74) is 2.17. The van der Waals surface area contributed by atoms with Crippen LogP contribution in [-0.4, -0.2) is 18.4 Å². The Morgan fingerprint density at radius 2 is 1.76 bits per heavy atom. The highest BCUT2D eigenvalue weighted by Crippen LogP contribution is 2.31. The average molecular weight is 398 g/mol. The van der Waals surface area contributed by atoms with Gasteiger partial charge in [-0.2, -0.15) is 0 Å². The molecule has 2 amide bonds. The van der Waals surface area contributed by atoms with Crippen LogP contribution in [0.25, 0.3) is 0 Å². The molecule has 0 bridgehead atoms. The van der Waals surface area contributed by atoms with Crippen LogP contribution in [0.4, 0.5) is 11.4 Å². The molecule has 1 N–H and O–H groups in total. The molecule has 1 aliphatic rings. The van der Waals surface area contributed by atoms with E-state index in [1.54, 1.807) is 35.2 Å². The van der Waals surface area contributed by atoms with Crippen LogP contribution in [-0.2, 0) is 9.59 Å². The maximum atomic E-state index is 12.5. The van der Waals surface area contributed by atoms with Crippen molar-refractivity contribution in [1.29, 1.82) is 0 Å². The summed E-state index contributed by atoms with van der Waals surface area (Å²) in [6, 6.07) is 10.2. The van der Waals surface area contributed by atoms with E-state index < -0.39 is 5.92 Å². The van der Waals surface area contributed by atoms with Crippen LogP contribution in [0.5, 0.6) is 0 Å². The highest BCUT2D eigenvalue weighted by molar-refractivity contribution is 6.35. The van der Waals surface area contributed by atoms with Crippen LogP contribution >= 0.6 is 34.8 Å². The van der Waals surface area contributed by atoms with Crippen molar-refractivity contribution < 1.29 is 9.59 Å². The lowest BCUT2D eigenvalue weighted by Gasteiger charge is -2.19. The minimum absolute atomic E-state index is 0.102. The molecule has 2 aromatic rings. The van der Waals surface area contributed by atoms with Gasteiger partial charge in [0, 0.05) is 39.4 Å². The number of amides is 2. The molecule has 0 saturated carbocycles. The minimum Gasteiger partial charge on any atom is -0.326 e. The molecule has 0 aliphatic carbocycles. The molecule has 1 aliphatic heterocycles. The zero-order valence-electron chi connectivity index (χ0n) is 13.4. The molecule has 25 heavy (non-hydrogen) atoms. The molecule has 3 rings (SSSR count). The molecule has 0 aromatic heterocycles. The largest absolute Gasteiger partial charge is 0.326 e. The summed E-state index contributed by atoms with van der Waals surface area (Å²) in [5, 5.41) is 4.19. The van der Waals surface area contributed by atoms with Gasteiger partial charge in [0.1, 0.15) is 0 Å². The fraction of sp³-hybridized carbons (Fsp3) is 0.222. The Morgan fingerprint density at radius 1 is 1.08 bits per heavy atom. The first kappa shape index (κ1) is 18.1. The summed E-state index contributed by atoms with van der Waals surface area (Å²) in [6.07, 6.45) is 0.145. The van der Waals surface area contributed by atoms with Gasteiger partial charge in [-0.15, -0.1) is 0 Å². The van der Waals surface area contributed by atoms with E-state index in [9.17, 15) is 9.59 Å². The number of nitrogens with one attached hydrogen (secondary N) is 1. The van der Waals surface area contributed by atoms with E-state index in [2.05, 4.69) is 5.32 Å². The van der Waals surface area contributed by atoms with E-state index in [0.717, 1.165) is 11.3 Å². The molecular formula is C18H15Cl3N2O2. The lowest BCUT2D eigenvalue weighted by molar-refractivity contribution is -0.122. The van der Waals surface area contributed by atoms with Crippen molar-refractivity contribution in [2.75, 3.05) is 16.8 Å². The predicted molar refractivity (Wildman–Crippen MR) is 102 cm³/mol. The third-order valence-corrected chi connectivity index (χ3v) is 4.76. The smallest absolute Gasteiger partial charge is 0.229 e. The van der Waals surface area contributed by atoms with Gasteiger partial charge in [0.05, 0.1) is 5.92 Å². The van der Waals surface area contributed by atoms with Crippen molar-refractivity contribution in [3.8, 4) is 0 Å². The van der Waals surface area contributed by atoms with Gasteiger partial charge in [0.15, 0.2) is 0 Å². The third kappa shape index (κ3) is 4.09. The van der Waals surface area contributed by atoms with Crippen LogP contribution in [0, 0.1) is 12.8 Å². The SMILES string of the molecule is Cc1ccc(Cl)cc1N1CC(C(=O)Nc2cc(Cl)cc(Cl)c2)CC1=O. The maximum Gasteiger partial charge on any atom is 0.229 e. The van der Waals surface area contributed by atoms with E-state index in [1.807, 2.05) is 13.0 Å². The van der Waals surface area contributed by atoms with Gasteiger partial charge < -0.3 is 10.2 Å². The molecule has 1 heterocycles. The van der Waals surface area contributed by atoms with Gasteiger partial charge in [0.2, 0.25) is 11.8 Å². The normalized spacial score (nSPS) is 17.0. The summed E-state index contributed by atoms with van der Waals surface area (Å²) < 4.78 is 0. The molecule has 130 valence electrons. The van der Waals surface area contributed by atoms with Crippen molar-refractivity contribution in [3.05, 3.63) is 57.0 Å². The first-order valence-electron chi connectivity index (χ1n) is 7.67. The van der Waals surface area contributed by atoms with Gasteiger partial charge in [-0.25, -0.2) is 0 Å². The van der Waals surface area contributed by atoms with Crippen molar-refractivity contribution >= 4 is 58.0 Å². The Hall–Kier alpha value is -1.75. The highest BCUT2D eigenvalue weighted by atomic mass is 35.5. The van der Waals surface area contributed by atoms with Crippen molar-refractivity contribution in [1.82, 2.24) is 0 Å². The fourth-order valence-electron chi connectivity index (χ4n) is 2.86. The minimum atomic E-state index is -0.455. The van der Waals surface area contributed by atoms with Gasteiger partial charge in [-0.3, -0.25) is 9.59 Å². The topological polar surface area (TPSA) is 49.4 Å². The van der Waals surface area contributed by atoms with E-state index in [-0.39, 0.29) is 18.2 Å². The van der Waals surface area contributed by atoms with Gasteiger partial charge >= 0.3 is 0 Å². The molecule has 1 fully saturated rings. The zero-order valence-corrected chi connectivity index (χ0v) is 15.6. The first-order valence-corrected chi connectivity index (χ1v) is 8.80. The molecule has 4 nitrogen and oxygen atoms in total. The first-order chi connectivity index (χ1) is 11.8. The Labute approximate surface area is 160 Å². The van der Waals surface area contributed by atoms with Crippen molar-refractivity contribution in [2.45, 2.75) is 13.3 Å². The lowest BCUT2D eigenvalue weighted by atomic mass is 10.1. The second-order valence-electron chi connectivity index (χ2n) is 5.98. The molecule has 2 aromatic carbocycles. The third-order valence-electron chi connectivity index (χ3n) is 4.09. The number of aryl methyl sites for hydroxylation is 1. The number of anilines is 2. The van der Waals surface area contributed by atoms with Gasteiger partial charge in [-0.05, 0) is 42.8 Å².